The normalized spacial score (nSPS) is 10.3. The summed E-state index contributed by atoms with van der Waals surface area (Å²) in [4.78, 5) is 4.35. The predicted molar refractivity (Wildman–Crippen MR) is 95.8 cm³/mol. The minimum absolute atomic E-state index is 0.346. The Morgan fingerprint density at radius 2 is 1.92 bits per heavy atom. The second-order valence-corrected chi connectivity index (χ2v) is 5.61. The van der Waals surface area contributed by atoms with E-state index < -0.39 is 0 Å². The Morgan fingerprint density at radius 1 is 1.04 bits per heavy atom. The molecular weight excluding hydrogens is 349 g/mol. The summed E-state index contributed by atoms with van der Waals surface area (Å²) in [6.45, 7) is 0. The molecule has 6 nitrogen and oxygen atoms in total. The first-order valence-electron chi connectivity index (χ1n) is 6.97. The molecule has 0 unspecified atom stereocenters. The lowest BCUT2D eigenvalue weighted by atomic mass is 10.3. The largest absolute Gasteiger partial charge is 0.497 e. The summed E-state index contributed by atoms with van der Waals surface area (Å²) in [5, 5.41) is 15.1. The number of hydrogen-bond donors (Lipinski definition) is 2. The number of nitrogens with one attached hydrogen (secondary N) is 2. The molecule has 2 aromatic carbocycles. The quantitative estimate of drug-likeness (QED) is 0.687. The zero-order valence-corrected chi connectivity index (χ0v) is 14.1. The number of aromatic nitrogens is 3. The van der Waals surface area contributed by atoms with Gasteiger partial charge in [-0.2, -0.15) is 10.1 Å². The number of ether oxygens (including phenoxy) is 1. The Labute approximate surface area is 148 Å². The molecule has 0 aliphatic heterocycles. The van der Waals surface area contributed by atoms with Crippen molar-refractivity contribution in [1.82, 2.24) is 15.2 Å². The Bertz CT molecular complexity index is 859. The van der Waals surface area contributed by atoms with Crippen molar-refractivity contribution in [3.63, 3.8) is 0 Å². The third kappa shape index (κ3) is 4.04. The van der Waals surface area contributed by atoms with Crippen LogP contribution in [0.25, 0.3) is 0 Å². The van der Waals surface area contributed by atoms with Crippen LogP contribution in [-0.2, 0) is 0 Å². The van der Waals surface area contributed by atoms with Crippen LogP contribution >= 0.6 is 23.2 Å². The number of benzene rings is 2. The van der Waals surface area contributed by atoms with Gasteiger partial charge in [-0.1, -0.05) is 29.3 Å². The third-order valence-electron chi connectivity index (χ3n) is 3.08. The maximum atomic E-state index is 6.14. The van der Waals surface area contributed by atoms with Crippen molar-refractivity contribution in [3.8, 4) is 5.75 Å². The highest BCUT2D eigenvalue weighted by atomic mass is 35.5. The van der Waals surface area contributed by atoms with Crippen molar-refractivity contribution in [1.29, 1.82) is 0 Å². The van der Waals surface area contributed by atoms with E-state index in [1.165, 1.54) is 6.20 Å². The highest BCUT2D eigenvalue weighted by Crippen LogP contribution is 2.27. The number of anilines is 4. The van der Waals surface area contributed by atoms with Crippen LogP contribution in [0.15, 0.2) is 48.7 Å². The lowest BCUT2D eigenvalue weighted by Crippen LogP contribution is -2.02. The molecule has 0 aliphatic carbocycles. The summed E-state index contributed by atoms with van der Waals surface area (Å²) >= 11 is 12.0. The molecule has 0 atom stereocenters. The summed E-state index contributed by atoms with van der Waals surface area (Å²) in [6.07, 6.45) is 1.50. The monoisotopic (exact) mass is 361 g/mol. The molecule has 3 aromatic rings. The summed E-state index contributed by atoms with van der Waals surface area (Å²) in [6, 6.07) is 12.6. The van der Waals surface area contributed by atoms with Gasteiger partial charge in [-0.25, -0.2) is 0 Å². The van der Waals surface area contributed by atoms with Crippen molar-refractivity contribution in [2.24, 2.45) is 0 Å². The van der Waals surface area contributed by atoms with Crippen LogP contribution in [-0.4, -0.2) is 22.3 Å². The SMILES string of the molecule is COc1cccc(Nc2nncc(Nc3ccc(Cl)cc3Cl)n2)c1. The third-order valence-corrected chi connectivity index (χ3v) is 3.63. The fourth-order valence-corrected chi connectivity index (χ4v) is 2.43. The van der Waals surface area contributed by atoms with E-state index in [1.807, 2.05) is 24.3 Å². The van der Waals surface area contributed by atoms with E-state index >= 15 is 0 Å². The van der Waals surface area contributed by atoms with Gasteiger partial charge in [0.25, 0.3) is 0 Å². The Hall–Kier alpha value is -2.57. The first kappa shape index (κ1) is 16.3. The second kappa shape index (κ2) is 7.33. The molecule has 8 heteroatoms. The van der Waals surface area contributed by atoms with Crippen LogP contribution in [0.1, 0.15) is 0 Å². The van der Waals surface area contributed by atoms with E-state index in [9.17, 15) is 0 Å². The molecule has 1 aromatic heterocycles. The molecule has 24 heavy (non-hydrogen) atoms. The van der Waals surface area contributed by atoms with Crippen LogP contribution in [0, 0.1) is 0 Å². The number of hydrogen-bond acceptors (Lipinski definition) is 6. The first-order valence-corrected chi connectivity index (χ1v) is 7.72. The maximum absolute atomic E-state index is 6.14. The molecule has 0 fully saturated rings. The number of methoxy groups -OCH3 is 1. The molecule has 0 saturated heterocycles. The average Bonchev–Trinajstić information content (AvgIpc) is 2.58. The molecule has 1 heterocycles. The van der Waals surface area contributed by atoms with Crippen LogP contribution < -0.4 is 15.4 Å². The molecule has 122 valence electrons. The van der Waals surface area contributed by atoms with Crippen molar-refractivity contribution < 1.29 is 4.74 Å². The van der Waals surface area contributed by atoms with Gasteiger partial charge in [-0.05, 0) is 30.3 Å². The molecule has 3 rings (SSSR count). The summed E-state index contributed by atoms with van der Waals surface area (Å²) in [5.74, 6) is 1.58. The van der Waals surface area contributed by atoms with E-state index in [0.29, 0.717) is 27.5 Å². The van der Waals surface area contributed by atoms with Crippen molar-refractivity contribution in [2.75, 3.05) is 17.7 Å². The minimum atomic E-state index is 0.346. The van der Waals surface area contributed by atoms with Crippen LogP contribution in [0.4, 0.5) is 23.1 Å². The summed E-state index contributed by atoms with van der Waals surface area (Å²) in [7, 11) is 1.61. The number of halogens is 2. The lowest BCUT2D eigenvalue weighted by Gasteiger charge is -2.09. The van der Waals surface area contributed by atoms with Crippen molar-refractivity contribution in [2.45, 2.75) is 0 Å². The predicted octanol–water partition coefficient (Wildman–Crippen LogP) is 4.67. The molecular formula is C16H13Cl2N5O. The van der Waals surface area contributed by atoms with E-state index in [1.54, 1.807) is 25.3 Å². The smallest absolute Gasteiger partial charge is 0.249 e. The molecule has 0 spiro atoms. The summed E-state index contributed by atoms with van der Waals surface area (Å²) in [5.41, 5.74) is 1.46. The zero-order valence-electron chi connectivity index (χ0n) is 12.6. The maximum Gasteiger partial charge on any atom is 0.249 e. The number of rotatable bonds is 5. The minimum Gasteiger partial charge on any atom is -0.497 e. The Balaban J connectivity index is 1.78. The van der Waals surface area contributed by atoms with Gasteiger partial charge < -0.3 is 15.4 Å². The average molecular weight is 362 g/mol. The van der Waals surface area contributed by atoms with Crippen molar-refractivity contribution in [3.05, 3.63) is 58.7 Å². The van der Waals surface area contributed by atoms with Crippen LogP contribution in [0.3, 0.4) is 0 Å². The van der Waals surface area contributed by atoms with Gasteiger partial charge in [0.15, 0.2) is 5.82 Å². The molecule has 0 aliphatic rings. The fourth-order valence-electron chi connectivity index (χ4n) is 1.98. The van der Waals surface area contributed by atoms with Gasteiger partial charge in [0.05, 0.1) is 24.0 Å². The highest BCUT2D eigenvalue weighted by molar-refractivity contribution is 6.36. The van der Waals surface area contributed by atoms with Gasteiger partial charge in [-0.15, -0.1) is 5.10 Å². The van der Waals surface area contributed by atoms with Crippen molar-refractivity contribution >= 4 is 46.3 Å². The lowest BCUT2D eigenvalue weighted by molar-refractivity contribution is 0.415. The van der Waals surface area contributed by atoms with Gasteiger partial charge in [0, 0.05) is 16.8 Å². The Morgan fingerprint density at radius 3 is 2.71 bits per heavy atom. The molecule has 2 N–H and O–H groups in total. The van der Waals surface area contributed by atoms with Crippen LogP contribution in [0.5, 0.6) is 5.75 Å². The number of nitrogens with zero attached hydrogens (tertiary/aromatic N) is 3. The van der Waals surface area contributed by atoms with E-state index in [4.69, 9.17) is 27.9 Å². The van der Waals surface area contributed by atoms with E-state index in [-0.39, 0.29) is 0 Å². The van der Waals surface area contributed by atoms with Gasteiger partial charge in [0.2, 0.25) is 5.95 Å². The summed E-state index contributed by atoms with van der Waals surface area (Å²) < 4.78 is 5.18. The van der Waals surface area contributed by atoms with E-state index in [0.717, 1.165) is 11.4 Å². The van der Waals surface area contributed by atoms with Gasteiger partial charge >= 0.3 is 0 Å². The van der Waals surface area contributed by atoms with Crippen LogP contribution in [0.2, 0.25) is 10.0 Å². The fraction of sp³-hybridized carbons (Fsp3) is 0.0625. The molecule has 0 radical (unpaired) electrons. The molecule has 0 saturated carbocycles. The molecule has 0 bridgehead atoms. The molecule has 0 amide bonds. The second-order valence-electron chi connectivity index (χ2n) is 4.77. The Kier molecular flexibility index (Phi) is 4.98. The standard InChI is InChI=1S/C16H13Cl2N5O/c1-24-12-4-2-3-11(8-12)20-16-22-15(9-19-23-16)21-14-6-5-10(17)7-13(14)18/h2-9H,1H3,(H2,20,21,22,23). The van der Waals surface area contributed by atoms with Gasteiger partial charge in [0.1, 0.15) is 5.75 Å². The zero-order chi connectivity index (χ0) is 16.9. The van der Waals surface area contributed by atoms with E-state index in [2.05, 4.69) is 25.8 Å². The first-order chi connectivity index (χ1) is 11.6. The topological polar surface area (TPSA) is 72.0 Å². The van der Waals surface area contributed by atoms with Gasteiger partial charge in [-0.3, -0.25) is 0 Å². The highest BCUT2D eigenvalue weighted by Gasteiger charge is 2.06.